The molecule has 0 aromatic carbocycles. The van der Waals surface area contributed by atoms with Gasteiger partial charge in [-0.25, -0.2) is 0 Å². The highest BCUT2D eigenvalue weighted by molar-refractivity contribution is 5.12. The third-order valence-corrected chi connectivity index (χ3v) is 3.95. The molecule has 2 aliphatic rings. The third-order valence-electron chi connectivity index (χ3n) is 3.95. The number of nitrogens with zero attached hydrogens (tertiary/aromatic N) is 1. The largest absolute Gasteiger partial charge is 0.369 e. The first-order chi connectivity index (χ1) is 6.70. The summed E-state index contributed by atoms with van der Waals surface area (Å²) >= 11 is 0. The minimum atomic E-state index is 0.775. The Kier molecular flexibility index (Phi) is 2.85. The van der Waals surface area contributed by atoms with E-state index in [0.717, 1.165) is 18.0 Å². The molecule has 1 nitrogen and oxygen atoms in total. The molecule has 14 heavy (non-hydrogen) atoms. The van der Waals surface area contributed by atoms with Crippen molar-refractivity contribution in [2.75, 3.05) is 0 Å². The van der Waals surface area contributed by atoms with E-state index in [1.54, 1.807) is 5.70 Å². The molecule has 0 radical (unpaired) electrons. The summed E-state index contributed by atoms with van der Waals surface area (Å²) in [5.74, 6) is 0.798. The molecule has 1 aliphatic heterocycles. The van der Waals surface area contributed by atoms with Crippen LogP contribution in [0.2, 0.25) is 0 Å². The first kappa shape index (κ1) is 10.1. The van der Waals surface area contributed by atoms with Crippen LogP contribution in [0.3, 0.4) is 0 Å². The number of hydrogen-bond donors (Lipinski definition) is 0. The lowest BCUT2D eigenvalue weighted by molar-refractivity contribution is 0.236. The number of hydrogen-bond acceptors (Lipinski definition) is 1. The minimum Gasteiger partial charge on any atom is -0.369 e. The van der Waals surface area contributed by atoms with Gasteiger partial charge in [0.2, 0.25) is 0 Å². The molecule has 3 unspecified atom stereocenters. The molecule has 0 bridgehead atoms. The molecule has 1 heterocycles. The van der Waals surface area contributed by atoms with Crippen molar-refractivity contribution < 1.29 is 0 Å². The van der Waals surface area contributed by atoms with Crippen LogP contribution in [0, 0.1) is 5.92 Å². The zero-order valence-corrected chi connectivity index (χ0v) is 9.79. The zero-order chi connectivity index (χ0) is 10.1. The Bertz CT molecular complexity index is 221. The SMILES string of the molecule is CC1CCCC=C1N1C(C)CCC1C. The van der Waals surface area contributed by atoms with Gasteiger partial charge in [0.15, 0.2) is 0 Å². The van der Waals surface area contributed by atoms with E-state index in [9.17, 15) is 0 Å². The fraction of sp³-hybridized carbons (Fsp3) is 0.846. The van der Waals surface area contributed by atoms with Gasteiger partial charge in [-0.2, -0.15) is 0 Å². The van der Waals surface area contributed by atoms with Crippen molar-refractivity contribution in [2.45, 2.75) is 65.0 Å². The van der Waals surface area contributed by atoms with Crippen molar-refractivity contribution in [2.24, 2.45) is 5.92 Å². The van der Waals surface area contributed by atoms with E-state index in [0.29, 0.717) is 0 Å². The Labute approximate surface area is 88.2 Å². The smallest absolute Gasteiger partial charge is 0.0262 e. The summed E-state index contributed by atoms with van der Waals surface area (Å²) in [4.78, 5) is 2.68. The van der Waals surface area contributed by atoms with Crippen LogP contribution in [0.1, 0.15) is 52.9 Å². The molecule has 1 heteroatoms. The van der Waals surface area contributed by atoms with Gasteiger partial charge >= 0.3 is 0 Å². The number of allylic oxidation sites excluding steroid dienone is 2. The van der Waals surface area contributed by atoms with Gasteiger partial charge in [0.05, 0.1) is 0 Å². The van der Waals surface area contributed by atoms with Crippen LogP contribution in [0.25, 0.3) is 0 Å². The summed E-state index contributed by atoms with van der Waals surface area (Å²) in [6, 6.07) is 1.55. The van der Waals surface area contributed by atoms with E-state index in [4.69, 9.17) is 0 Å². The predicted molar refractivity (Wildman–Crippen MR) is 61.1 cm³/mol. The molecule has 1 saturated heterocycles. The average molecular weight is 193 g/mol. The zero-order valence-electron chi connectivity index (χ0n) is 9.79. The molecule has 1 aliphatic carbocycles. The van der Waals surface area contributed by atoms with E-state index >= 15 is 0 Å². The van der Waals surface area contributed by atoms with Crippen molar-refractivity contribution in [3.8, 4) is 0 Å². The maximum Gasteiger partial charge on any atom is 0.0262 e. The van der Waals surface area contributed by atoms with E-state index in [1.807, 2.05) is 0 Å². The summed E-state index contributed by atoms with van der Waals surface area (Å²) in [7, 11) is 0. The predicted octanol–water partition coefficient (Wildman–Crippen LogP) is 3.56. The maximum absolute atomic E-state index is 2.68. The Hall–Kier alpha value is -0.460. The van der Waals surface area contributed by atoms with Crippen molar-refractivity contribution in [1.29, 1.82) is 0 Å². The van der Waals surface area contributed by atoms with Crippen LogP contribution < -0.4 is 0 Å². The molecule has 80 valence electrons. The lowest BCUT2D eigenvalue weighted by Gasteiger charge is -2.36. The minimum absolute atomic E-state index is 0.775. The summed E-state index contributed by atoms with van der Waals surface area (Å²) in [5, 5.41) is 0. The summed E-state index contributed by atoms with van der Waals surface area (Å²) in [6.45, 7) is 7.15. The monoisotopic (exact) mass is 193 g/mol. The second kappa shape index (κ2) is 3.96. The molecule has 0 saturated carbocycles. The van der Waals surface area contributed by atoms with Crippen LogP contribution in [0.15, 0.2) is 11.8 Å². The summed E-state index contributed by atoms with van der Waals surface area (Å²) in [5.41, 5.74) is 1.65. The fourth-order valence-electron chi connectivity index (χ4n) is 3.09. The van der Waals surface area contributed by atoms with Crippen LogP contribution in [-0.4, -0.2) is 17.0 Å². The first-order valence-electron chi connectivity index (χ1n) is 6.18. The van der Waals surface area contributed by atoms with Gasteiger partial charge in [0.1, 0.15) is 0 Å². The van der Waals surface area contributed by atoms with E-state index < -0.39 is 0 Å². The van der Waals surface area contributed by atoms with E-state index in [-0.39, 0.29) is 0 Å². The van der Waals surface area contributed by atoms with Crippen LogP contribution >= 0.6 is 0 Å². The van der Waals surface area contributed by atoms with Gasteiger partial charge in [0.25, 0.3) is 0 Å². The highest BCUT2D eigenvalue weighted by Crippen LogP contribution is 2.35. The second-order valence-electron chi connectivity index (χ2n) is 5.14. The Morgan fingerprint density at radius 1 is 1.07 bits per heavy atom. The van der Waals surface area contributed by atoms with Gasteiger partial charge < -0.3 is 4.90 Å². The second-order valence-corrected chi connectivity index (χ2v) is 5.14. The van der Waals surface area contributed by atoms with Crippen molar-refractivity contribution in [1.82, 2.24) is 4.90 Å². The van der Waals surface area contributed by atoms with Gasteiger partial charge in [-0.3, -0.25) is 0 Å². The van der Waals surface area contributed by atoms with Gasteiger partial charge in [-0.1, -0.05) is 13.0 Å². The van der Waals surface area contributed by atoms with Crippen LogP contribution in [-0.2, 0) is 0 Å². The summed E-state index contributed by atoms with van der Waals surface area (Å²) in [6.07, 6.45) is 9.33. The Morgan fingerprint density at radius 3 is 2.29 bits per heavy atom. The topological polar surface area (TPSA) is 3.24 Å². The quantitative estimate of drug-likeness (QED) is 0.615. The van der Waals surface area contributed by atoms with Gasteiger partial charge in [-0.05, 0) is 51.9 Å². The van der Waals surface area contributed by atoms with Crippen molar-refractivity contribution in [3.05, 3.63) is 11.8 Å². The lowest BCUT2D eigenvalue weighted by Crippen LogP contribution is -2.35. The molecule has 0 amide bonds. The number of rotatable bonds is 1. The van der Waals surface area contributed by atoms with Crippen LogP contribution in [0.5, 0.6) is 0 Å². The molecule has 3 atom stereocenters. The molecule has 1 fully saturated rings. The van der Waals surface area contributed by atoms with E-state index in [2.05, 4.69) is 31.7 Å². The molecular formula is C13H23N. The molecule has 2 rings (SSSR count). The third kappa shape index (κ3) is 1.69. The maximum atomic E-state index is 2.68. The summed E-state index contributed by atoms with van der Waals surface area (Å²) < 4.78 is 0. The van der Waals surface area contributed by atoms with Crippen molar-refractivity contribution >= 4 is 0 Å². The first-order valence-corrected chi connectivity index (χ1v) is 6.18. The highest BCUT2D eigenvalue weighted by Gasteiger charge is 2.31. The van der Waals surface area contributed by atoms with E-state index in [1.165, 1.54) is 32.1 Å². The Morgan fingerprint density at radius 2 is 1.71 bits per heavy atom. The van der Waals surface area contributed by atoms with Crippen LogP contribution in [0.4, 0.5) is 0 Å². The molecule has 0 spiro atoms. The van der Waals surface area contributed by atoms with Gasteiger partial charge in [-0.15, -0.1) is 0 Å². The average Bonchev–Trinajstić information content (AvgIpc) is 2.48. The fourth-order valence-corrected chi connectivity index (χ4v) is 3.09. The normalized spacial score (nSPS) is 38.6. The highest BCUT2D eigenvalue weighted by atomic mass is 15.2. The molecule has 0 aromatic rings. The molecule has 0 aromatic heterocycles. The number of likely N-dealkylation sites (tertiary alicyclic amines) is 1. The standard InChI is InChI=1S/C13H23N/c1-10-6-4-5-7-13(10)14-11(2)8-9-12(14)3/h7,10-12H,4-6,8-9H2,1-3H3. The lowest BCUT2D eigenvalue weighted by atomic mass is 9.92. The molecular weight excluding hydrogens is 170 g/mol. The molecule has 0 N–H and O–H groups in total. The Balaban J connectivity index is 2.16. The van der Waals surface area contributed by atoms with Crippen molar-refractivity contribution in [3.63, 3.8) is 0 Å². The van der Waals surface area contributed by atoms with Gasteiger partial charge in [0, 0.05) is 17.8 Å².